The van der Waals surface area contributed by atoms with Gasteiger partial charge in [-0.05, 0) is 24.6 Å². The minimum Gasteiger partial charge on any atom is -0.507 e. The molecule has 64 valence electrons. The summed E-state index contributed by atoms with van der Waals surface area (Å²) in [5, 5.41) is 12.8. The van der Waals surface area contributed by atoms with Gasteiger partial charge in [0.25, 0.3) is 0 Å². The number of hydrazone groups is 1. The average Bonchev–Trinajstić information content (AvgIpc) is 2.00. The molecule has 0 aliphatic rings. The largest absolute Gasteiger partial charge is 0.507 e. The van der Waals surface area contributed by atoms with Crippen LogP contribution in [0.4, 0.5) is 0 Å². The summed E-state index contributed by atoms with van der Waals surface area (Å²) in [6.07, 6.45) is 1.41. The fourth-order valence-electron chi connectivity index (χ4n) is 0.940. The quantitative estimate of drug-likeness (QED) is 0.438. The topological polar surface area (TPSA) is 58.6 Å². The predicted octanol–water partition coefficient (Wildman–Crippen LogP) is 1.76. The molecule has 1 rings (SSSR count). The van der Waals surface area contributed by atoms with Gasteiger partial charge in [0.2, 0.25) is 0 Å². The van der Waals surface area contributed by atoms with Crippen molar-refractivity contribution in [3.8, 4) is 5.75 Å². The van der Waals surface area contributed by atoms with Crippen molar-refractivity contribution in [1.82, 2.24) is 0 Å². The molecular weight excluding hydrogens is 220 g/mol. The van der Waals surface area contributed by atoms with Crippen molar-refractivity contribution in [3.63, 3.8) is 0 Å². The number of hydrogen-bond acceptors (Lipinski definition) is 3. The molecule has 0 heterocycles. The van der Waals surface area contributed by atoms with E-state index in [0.29, 0.717) is 5.56 Å². The molecule has 0 saturated carbocycles. The zero-order valence-corrected chi connectivity index (χ0v) is 8.17. The second-order valence-electron chi connectivity index (χ2n) is 2.44. The number of aromatic hydroxyl groups is 1. The van der Waals surface area contributed by atoms with Crippen LogP contribution in [0.5, 0.6) is 5.75 Å². The number of phenolic OH excluding ortho intramolecular Hbond substituents is 1. The van der Waals surface area contributed by atoms with Crippen molar-refractivity contribution >= 4 is 22.1 Å². The SMILES string of the molecule is Cc1cc(Br)cc(/C=N/N)c1O. The molecule has 3 nitrogen and oxygen atoms in total. The van der Waals surface area contributed by atoms with Crippen LogP contribution in [0, 0.1) is 6.92 Å². The minimum atomic E-state index is 0.215. The molecule has 0 fully saturated rings. The Balaban J connectivity index is 3.27. The highest BCUT2D eigenvalue weighted by Gasteiger charge is 2.03. The van der Waals surface area contributed by atoms with Crippen LogP contribution in [0.3, 0.4) is 0 Å². The van der Waals surface area contributed by atoms with E-state index in [9.17, 15) is 5.11 Å². The average molecular weight is 229 g/mol. The summed E-state index contributed by atoms with van der Waals surface area (Å²) in [6.45, 7) is 1.81. The predicted molar refractivity (Wildman–Crippen MR) is 52.3 cm³/mol. The molecule has 0 aliphatic carbocycles. The highest BCUT2D eigenvalue weighted by Crippen LogP contribution is 2.25. The number of rotatable bonds is 1. The summed E-state index contributed by atoms with van der Waals surface area (Å²) in [5.74, 6) is 5.19. The van der Waals surface area contributed by atoms with Crippen molar-refractivity contribution < 1.29 is 5.11 Å². The molecule has 1 aromatic rings. The van der Waals surface area contributed by atoms with Gasteiger partial charge < -0.3 is 10.9 Å². The molecule has 0 bridgehead atoms. The molecule has 0 unspecified atom stereocenters. The fraction of sp³-hybridized carbons (Fsp3) is 0.125. The third-order valence-corrected chi connectivity index (χ3v) is 1.97. The van der Waals surface area contributed by atoms with Crippen molar-refractivity contribution in [2.24, 2.45) is 10.9 Å². The first-order valence-electron chi connectivity index (χ1n) is 3.37. The van der Waals surface area contributed by atoms with Crippen LogP contribution in [0.2, 0.25) is 0 Å². The normalized spacial score (nSPS) is 10.8. The molecule has 0 aliphatic heterocycles. The number of halogens is 1. The number of benzene rings is 1. The third-order valence-electron chi connectivity index (χ3n) is 1.51. The molecule has 0 radical (unpaired) electrons. The van der Waals surface area contributed by atoms with Crippen LogP contribution in [0.15, 0.2) is 21.7 Å². The zero-order valence-electron chi connectivity index (χ0n) is 6.58. The number of phenols is 1. The lowest BCUT2D eigenvalue weighted by molar-refractivity contribution is 0.470. The molecule has 12 heavy (non-hydrogen) atoms. The molecule has 3 N–H and O–H groups in total. The van der Waals surface area contributed by atoms with Crippen LogP contribution >= 0.6 is 15.9 Å². The number of aryl methyl sites for hydroxylation is 1. The van der Waals surface area contributed by atoms with E-state index in [-0.39, 0.29) is 5.75 Å². The minimum absolute atomic E-state index is 0.215. The van der Waals surface area contributed by atoms with Gasteiger partial charge in [0.1, 0.15) is 5.75 Å². The standard InChI is InChI=1S/C8H9BrN2O/c1-5-2-7(9)3-6(4-11-10)8(5)12/h2-4,12H,10H2,1H3/b11-4+. The van der Waals surface area contributed by atoms with E-state index < -0.39 is 0 Å². The molecule has 0 aromatic heterocycles. The molecular formula is C8H9BrN2O. The third kappa shape index (κ3) is 1.76. The maximum Gasteiger partial charge on any atom is 0.127 e. The second-order valence-corrected chi connectivity index (χ2v) is 3.35. The Bertz CT molecular complexity index is 323. The smallest absolute Gasteiger partial charge is 0.127 e. The summed E-state index contributed by atoms with van der Waals surface area (Å²) in [7, 11) is 0. The maximum atomic E-state index is 9.49. The Morgan fingerprint density at radius 2 is 2.25 bits per heavy atom. The second kappa shape index (κ2) is 3.58. The molecule has 0 amide bonds. The zero-order chi connectivity index (χ0) is 9.14. The summed E-state index contributed by atoms with van der Waals surface area (Å²) in [5.41, 5.74) is 1.41. The maximum absolute atomic E-state index is 9.49. The van der Waals surface area contributed by atoms with Gasteiger partial charge in [0.05, 0.1) is 6.21 Å². The van der Waals surface area contributed by atoms with Crippen LogP contribution < -0.4 is 5.84 Å². The van der Waals surface area contributed by atoms with E-state index in [1.165, 1.54) is 6.21 Å². The van der Waals surface area contributed by atoms with Gasteiger partial charge in [0, 0.05) is 10.0 Å². The summed E-state index contributed by atoms with van der Waals surface area (Å²) in [4.78, 5) is 0. The molecule has 0 saturated heterocycles. The van der Waals surface area contributed by atoms with Crippen LogP contribution in [-0.2, 0) is 0 Å². The highest BCUT2D eigenvalue weighted by molar-refractivity contribution is 9.10. The first-order chi connectivity index (χ1) is 5.65. The van der Waals surface area contributed by atoms with Gasteiger partial charge in [-0.15, -0.1) is 0 Å². The van der Waals surface area contributed by atoms with Gasteiger partial charge >= 0.3 is 0 Å². The Hall–Kier alpha value is -1.03. The van der Waals surface area contributed by atoms with E-state index in [1.54, 1.807) is 6.07 Å². The van der Waals surface area contributed by atoms with Crippen LogP contribution in [-0.4, -0.2) is 11.3 Å². The lowest BCUT2D eigenvalue weighted by Crippen LogP contribution is -1.89. The van der Waals surface area contributed by atoms with E-state index in [2.05, 4.69) is 21.0 Å². The van der Waals surface area contributed by atoms with Crippen LogP contribution in [0.25, 0.3) is 0 Å². The molecule has 1 aromatic carbocycles. The number of nitrogens with zero attached hydrogens (tertiary/aromatic N) is 1. The number of nitrogens with two attached hydrogens (primary N) is 1. The summed E-state index contributed by atoms with van der Waals surface area (Å²) in [6, 6.07) is 3.57. The molecule has 0 atom stereocenters. The monoisotopic (exact) mass is 228 g/mol. The van der Waals surface area contributed by atoms with Crippen molar-refractivity contribution in [2.45, 2.75) is 6.92 Å². The Labute approximate surface area is 79.0 Å². The van der Waals surface area contributed by atoms with E-state index >= 15 is 0 Å². The van der Waals surface area contributed by atoms with E-state index in [1.807, 2.05) is 13.0 Å². The Morgan fingerprint density at radius 1 is 1.58 bits per heavy atom. The lowest BCUT2D eigenvalue weighted by Gasteiger charge is -2.02. The molecule has 4 heteroatoms. The van der Waals surface area contributed by atoms with Gasteiger partial charge in [-0.1, -0.05) is 15.9 Å². The van der Waals surface area contributed by atoms with E-state index in [4.69, 9.17) is 5.84 Å². The summed E-state index contributed by atoms with van der Waals surface area (Å²) >= 11 is 3.30. The Kier molecular flexibility index (Phi) is 2.70. The van der Waals surface area contributed by atoms with Gasteiger partial charge in [-0.25, -0.2) is 0 Å². The van der Waals surface area contributed by atoms with Crippen molar-refractivity contribution in [2.75, 3.05) is 0 Å². The number of hydrogen-bond donors (Lipinski definition) is 2. The fourth-order valence-corrected chi connectivity index (χ4v) is 1.53. The van der Waals surface area contributed by atoms with Crippen molar-refractivity contribution in [3.05, 3.63) is 27.7 Å². The lowest BCUT2D eigenvalue weighted by atomic mass is 10.1. The Morgan fingerprint density at radius 3 is 2.83 bits per heavy atom. The first kappa shape index (κ1) is 9.06. The van der Waals surface area contributed by atoms with Gasteiger partial charge in [0.15, 0.2) is 0 Å². The van der Waals surface area contributed by atoms with Gasteiger partial charge in [-0.3, -0.25) is 0 Å². The van der Waals surface area contributed by atoms with Gasteiger partial charge in [-0.2, -0.15) is 5.10 Å². The molecule has 0 spiro atoms. The van der Waals surface area contributed by atoms with Crippen LogP contribution in [0.1, 0.15) is 11.1 Å². The first-order valence-corrected chi connectivity index (χ1v) is 4.17. The highest BCUT2D eigenvalue weighted by atomic mass is 79.9. The van der Waals surface area contributed by atoms with E-state index in [0.717, 1.165) is 10.0 Å². The van der Waals surface area contributed by atoms with Crippen molar-refractivity contribution in [1.29, 1.82) is 0 Å². The summed E-state index contributed by atoms with van der Waals surface area (Å²) < 4.78 is 0.896.